The van der Waals surface area contributed by atoms with E-state index in [0.717, 1.165) is 6.54 Å². The van der Waals surface area contributed by atoms with Crippen molar-refractivity contribution in [3.8, 4) is 0 Å². The number of hydrogen-bond donors (Lipinski definition) is 0. The van der Waals surface area contributed by atoms with Gasteiger partial charge in [0, 0.05) is 30.4 Å². The summed E-state index contributed by atoms with van der Waals surface area (Å²) in [4.78, 5) is 19.0. The lowest BCUT2D eigenvalue weighted by molar-refractivity contribution is 0.100. The van der Waals surface area contributed by atoms with Crippen LogP contribution < -0.4 is 0 Å². The second kappa shape index (κ2) is 8.87. The van der Waals surface area contributed by atoms with Crippen LogP contribution in [-0.4, -0.2) is 41.2 Å². The molecule has 1 atom stereocenters. The molecule has 0 aliphatic rings. The molecule has 0 aliphatic heterocycles. The van der Waals surface area contributed by atoms with Gasteiger partial charge in [0.25, 0.3) is 5.91 Å². The first-order valence-electron chi connectivity index (χ1n) is 8.20. The molecule has 2 rings (SSSR count). The summed E-state index contributed by atoms with van der Waals surface area (Å²) >= 11 is 12.2. The average molecular weight is 426 g/mol. The number of carbonyl (C=O) groups excluding carboxylic acids is 1. The fourth-order valence-corrected chi connectivity index (χ4v) is 4.26. The highest BCUT2D eigenvalue weighted by Gasteiger charge is 2.16. The number of carbonyl (C=O) groups is 1. The molecule has 0 N–H and O–H groups in total. The first kappa shape index (κ1) is 21.4. The Morgan fingerprint density at radius 3 is 2.59 bits per heavy atom. The maximum Gasteiger partial charge on any atom is 0.285 e. The summed E-state index contributed by atoms with van der Waals surface area (Å²) in [5.74, 6) is -0.591. The Kier molecular flexibility index (Phi) is 7.03. The largest absolute Gasteiger partial charge is 0.366 e. The Bertz CT molecular complexity index is 1010. The maximum atomic E-state index is 13.1. The van der Waals surface area contributed by atoms with Gasteiger partial charge in [-0.3, -0.25) is 4.79 Å². The zero-order chi connectivity index (χ0) is 20.2. The van der Waals surface area contributed by atoms with Gasteiger partial charge in [-0.1, -0.05) is 29.3 Å². The van der Waals surface area contributed by atoms with E-state index in [4.69, 9.17) is 23.2 Å². The molecule has 0 bridgehead atoms. The molecule has 2 aromatic rings. The molecule has 0 aliphatic carbocycles. The molecule has 8 heteroatoms. The molecule has 0 radical (unpaired) electrons. The van der Waals surface area contributed by atoms with E-state index in [0.29, 0.717) is 26.2 Å². The van der Waals surface area contributed by atoms with E-state index >= 15 is 0 Å². The summed E-state index contributed by atoms with van der Waals surface area (Å²) in [6.45, 7) is 4.61. The van der Waals surface area contributed by atoms with Crippen LogP contribution in [0.1, 0.15) is 22.8 Å². The fraction of sp³-hybridized carbons (Fsp3) is 0.263. The van der Waals surface area contributed by atoms with Crippen molar-refractivity contribution in [3.63, 3.8) is 0 Å². The van der Waals surface area contributed by atoms with Crippen LogP contribution in [0.15, 0.2) is 50.6 Å². The average Bonchev–Trinajstić information content (AvgIpc) is 2.61. The number of aliphatic imine (C=N–C) groups is 1. The minimum atomic E-state index is -2.99. The lowest BCUT2D eigenvalue weighted by Crippen LogP contribution is -2.14. The molecule has 2 aromatic carbocycles. The highest BCUT2D eigenvalue weighted by molar-refractivity contribution is 7.93. The molecule has 0 fully saturated rings. The van der Waals surface area contributed by atoms with Crippen molar-refractivity contribution in [2.75, 3.05) is 19.8 Å². The predicted octanol–water partition coefficient (Wildman–Crippen LogP) is 5.21. The lowest BCUT2D eigenvalue weighted by atomic mass is 10.2. The molecule has 0 heterocycles. The lowest BCUT2D eigenvalue weighted by Gasteiger charge is -2.12. The predicted molar refractivity (Wildman–Crippen MR) is 113 cm³/mol. The van der Waals surface area contributed by atoms with Crippen molar-refractivity contribution >= 4 is 50.9 Å². The van der Waals surface area contributed by atoms with Gasteiger partial charge in [0.05, 0.1) is 31.7 Å². The number of amides is 1. The zero-order valence-corrected chi connectivity index (χ0v) is 17.9. The smallest absolute Gasteiger partial charge is 0.285 e. The van der Waals surface area contributed by atoms with Crippen LogP contribution in [0.3, 0.4) is 0 Å². The van der Waals surface area contributed by atoms with Gasteiger partial charge in [-0.2, -0.15) is 4.36 Å². The Morgan fingerprint density at radius 2 is 1.96 bits per heavy atom. The molecule has 1 amide bonds. The fourth-order valence-electron chi connectivity index (χ4n) is 2.28. The van der Waals surface area contributed by atoms with Crippen molar-refractivity contribution in [1.82, 2.24) is 4.90 Å². The first-order valence-corrected chi connectivity index (χ1v) is 10.9. The zero-order valence-electron chi connectivity index (χ0n) is 15.6. The Balaban J connectivity index is 2.44. The number of hydrogen-bond acceptors (Lipinski definition) is 3. The number of aryl methyl sites for hydroxylation is 1. The molecule has 0 saturated heterocycles. The minimum Gasteiger partial charge on any atom is -0.366 e. The summed E-state index contributed by atoms with van der Waals surface area (Å²) in [5.41, 5.74) is 1.54. The molecule has 0 aromatic heterocycles. The molecule has 1 unspecified atom stereocenters. The van der Waals surface area contributed by atoms with Gasteiger partial charge in [0.1, 0.15) is 0 Å². The van der Waals surface area contributed by atoms with E-state index in [2.05, 4.69) is 9.36 Å². The third-order valence-electron chi connectivity index (χ3n) is 3.87. The first-order chi connectivity index (χ1) is 12.6. The highest BCUT2D eigenvalue weighted by Crippen LogP contribution is 2.31. The molecule has 27 heavy (non-hydrogen) atoms. The van der Waals surface area contributed by atoms with E-state index in [-0.39, 0.29) is 5.56 Å². The van der Waals surface area contributed by atoms with Crippen molar-refractivity contribution in [2.45, 2.75) is 18.7 Å². The number of nitrogens with zero attached hydrogens (tertiary/aromatic N) is 3. The molecule has 0 spiro atoms. The summed E-state index contributed by atoms with van der Waals surface area (Å²) in [5, 5.41) is 0.758. The SMILES string of the molecule is CCN(C)C=Nc1cc(C)c(S(C)(=O)=NC(=O)c2cccc(Cl)c2)cc1Cl. The molecular formula is C19H21Cl2N3O2S. The van der Waals surface area contributed by atoms with Gasteiger partial charge in [-0.25, -0.2) is 9.20 Å². The van der Waals surface area contributed by atoms with Crippen LogP contribution in [0.4, 0.5) is 5.69 Å². The maximum absolute atomic E-state index is 13.1. The molecule has 5 nitrogen and oxygen atoms in total. The summed E-state index contributed by atoms with van der Waals surface area (Å²) in [7, 11) is -1.09. The standard InChI is InChI=1S/C19H21Cl2N3O2S/c1-5-24(3)12-22-17-9-13(2)18(11-16(17)21)27(4,26)23-19(25)14-7-6-8-15(20)10-14/h6-12H,5H2,1-4H3. The third-order valence-corrected chi connectivity index (χ3v) is 6.18. The number of halogens is 2. The minimum absolute atomic E-state index is 0.282. The Labute approximate surface area is 170 Å². The quantitative estimate of drug-likeness (QED) is 0.487. The van der Waals surface area contributed by atoms with Gasteiger partial charge in [0.2, 0.25) is 0 Å². The van der Waals surface area contributed by atoms with Crippen LogP contribution in [0.2, 0.25) is 10.0 Å². The second-order valence-corrected chi connectivity index (χ2v) is 9.17. The van der Waals surface area contributed by atoms with Gasteiger partial charge in [0.15, 0.2) is 0 Å². The monoisotopic (exact) mass is 425 g/mol. The normalized spacial score (nSPS) is 13.4. The van der Waals surface area contributed by atoms with E-state index in [1.807, 2.05) is 18.9 Å². The Hall–Kier alpha value is -1.89. The third kappa shape index (κ3) is 5.54. The Morgan fingerprint density at radius 1 is 1.26 bits per heavy atom. The van der Waals surface area contributed by atoms with Crippen LogP contribution in [-0.2, 0) is 9.73 Å². The van der Waals surface area contributed by atoms with Crippen LogP contribution in [0, 0.1) is 6.92 Å². The van der Waals surface area contributed by atoms with Crippen LogP contribution in [0.5, 0.6) is 0 Å². The molecule has 144 valence electrons. The van der Waals surface area contributed by atoms with Gasteiger partial charge >= 0.3 is 0 Å². The van der Waals surface area contributed by atoms with Gasteiger partial charge < -0.3 is 4.90 Å². The highest BCUT2D eigenvalue weighted by atomic mass is 35.5. The van der Waals surface area contributed by atoms with Crippen molar-refractivity contribution in [3.05, 3.63) is 57.6 Å². The van der Waals surface area contributed by atoms with Gasteiger partial charge in [-0.15, -0.1) is 0 Å². The van der Waals surface area contributed by atoms with Crippen LogP contribution >= 0.6 is 23.2 Å². The molecular weight excluding hydrogens is 405 g/mol. The topological polar surface area (TPSA) is 62.1 Å². The van der Waals surface area contributed by atoms with Gasteiger partial charge in [-0.05, 0) is 49.7 Å². The number of rotatable bonds is 5. The molecule has 0 saturated carbocycles. The van der Waals surface area contributed by atoms with Crippen molar-refractivity contribution < 1.29 is 9.00 Å². The van der Waals surface area contributed by atoms with Crippen molar-refractivity contribution in [2.24, 2.45) is 9.36 Å². The van der Waals surface area contributed by atoms with E-state index in [1.165, 1.54) is 12.3 Å². The van der Waals surface area contributed by atoms with E-state index in [1.54, 1.807) is 43.6 Å². The summed E-state index contributed by atoms with van der Waals surface area (Å²) in [6, 6.07) is 9.66. The summed E-state index contributed by atoms with van der Waals surface area (Å²) in [6.07, 6.45) is 3.10. The second-order valence-electron chi connectivity index (χ2n) is 6.10. The van der Waals surface area contributed by atoms with Crippen molar-refractivity contribution in [1.29, 1.82) is 0 Å². The van der Waals surface area contributed by atoms with E-state index in [9.17, 15) is 9.00 Å². The van der Waals surface area contributed by atoms with Crippen LogP contribution in [0.25, 0.3) is 0 Å². The van der Waals surface area contributed by atoms with E-state index < -0.39 is 15.6 Å². The summed E-state index contributed by atoms with van der Waals surface area (Å²) < 4.78 is 17.1. The number of benzene rings is 2.